The smallest absolute Gasteiger partial charge is 0.258 e. The minimum Gasteiger partial charge on any atom is -0.480 e. The maximum absolute atomic E-state index is 11.3. The van der Waals surface area contributed by atoms with Crippen LogP contribution in [0.4, 0.5) is 0 Å². The normalized spacial score (nSPS) is 14.0. The molecule has 0 fully saturated rings. The molecule has 2 atom stereocenters. The maximum atomic E-state index is 11.3. The molecule has 1 aromatic rings. The Morgan fingerprint density at radius 2 is 2.11 bits per heavy atom. The number of aryl methyl sites for hydroxylation is 1. The number of carbonyl (C=O) groups excluding carboxylic acids is 1. The Hall–Kier alpha value is -1.55. The van der Waals surface area contributed by atoms with Gasteiger partial charge in [-0.15, -0.1) is 0 Å². The largest absolute Gasteiger partial charge is 0.480 e. The summed E-state index contributed by atoms with van der Waals surface area (Å²) < 4.78 is 5.76. The summed E-state index contributed by atoms with van der Waals surface area (Å²) in [5.41, 5.74) is 13.1. The third kappa shape index (κ3) is 3.74. The average Bonchev–Trinajstić information content (AvgIpc) is 2.27. The third-order valence-electron chi connectivity index (χ3n) is 2.78. The fourth-order valence-electron chi connectivity index (χ4n) is 1.87. The maximum Gasteiger partial charge on any atom is 0.258 e. The number of hydrogen-bond donors (Lipinski definition) is 2. The zero-order valence-electron chi connectivity index (χ0n) is 11.3. The molecule has 0 aliphatic rings. The van der Waals surface area contributed by atoms with E-state index >= 15 is 0 Å². The second-order valence-corrected chi connectivity index (χ2v) is 4.66. The van der Waals surface area contributed by atoms with E-state index in [9.17, 15) is 4.79 Å². The standard InChI is InChI=1S/C14H22N2O2/c1-4-12(14(16)17)18-13-9(2)6-5-7-11(13)8-10(3)15/h5-7,10,12H,4,8,15H2,1-3H3,(H2,16,17). The van der Waals surface area contributed by atoms with Crippen molar-refractivity contribution in [2.45, 2.75) is 45.8 Å². The summed E-state index contributed by atoms with van der Waals surface area (Å²) in [7, 11) is 0. The van der Waals surface area contributed by atoms with Gasteiger partial charge in [0.25, 0.3) is 5.91 Å². The van der Waals surface area contributed by atoms with Crippen LogP contribution in [0.2, 0.25) is 0 Å². The van der Waals surface area contributed by atoms with Crippen molar-refractivity contribution in [2.75, 3.05) is 0 Å². The van der Waals surface area contributed by atoms with Crippen LogP contribution >= 0.6 is 0 Å². The van der Waals surface area contributed by atoms with E-state index in [-0.39, 0.29) is 6.04 Å². The monoisotopic (exact) mass is 250 g/mol. The van der Waals surface area contributed by atoms with Crippen LogP contribution in [0.15, 0.2) is 18.2 Å². The molecule has 4 nitrogen and oxygen atoms in total. The van der Waals surface area contributed by atoms with E-state index < -0.39 is 12.0 Å². The van der Waals surface area contributed by atoms with Crippen molar-refractivity contribution in [1.29, 1.82) is 0 Å². The number of carbonyl (C=O) groups is 1. The highest BCUT2D eigenvalue weighted by molar-refractivity contribution is 5.79. The molecule has 0 heterocycles. The number of nitrogens with two attached hydrogens (primary N) is 2. The zero-order valence-corrected chi connectivity index (χ0v) is 11.3. The second-order valence-electron chi connectivity index (χ2n) is 4.66. The molecule has 0 saturated heterocycles. The van der Waals surface area contributed by atoms with E-state index in [1.165, 1.54) is 0 Å². The Morgan fingerprint density at radius 3 is 2.61 bits per heavy atom. The molecule has 1 amide bonds. The first kappa shape index (κ1) is 14.5. The van der Waals surface area contributed by atoms with Gasteiger partial charge < -0.3 is 16.2 Å². The number of hydrogen-bond acceptors (Lipinski definition) is 3. The fraction of sp³-hybridized carbons (Fsp3) is 0.500. The van der Waals surface area contributed by atoms with Gasteiger partial charge in [0.1, 0.15) is 5.75 Å². The molecule has 0 radical (unpaired) electrons. The topological polar surface area (TPSA) is 78.3 Å². The molecule has 0 spiro atoms. The molecule has 0 saturated carbocycles. The Morgan fingerprint density at radius 1 is 1.44 bits per heavy atom. The first-order valence-corrected chi connectivity index (χ1v) is 6.25. The van der Waals surface area contributed by atoms with Gasteiger partial charge in [0, 0.05) is 6.04 Å². The van der Waals surface area contributed by atoms with Gasteiger partial charge in [-0.3, -0.25) is 4.79 Å². The van der Waals surface area contributed by atoms with Gasteiger partial charge in [-0.05, 0) is 37.8 Å². The van der Waals surface area contributed by atoms with Gasteiger partial charge in [0.2, 0.25) is 0 Å². The molecule has 0 aliphatic carbocycles. The van der Waals surface area contributed by atoms with Crippen LogP contribution in [-0.4, -0.2) is 18.1 Å². The van der Waals surface area contributed by atoms with Crippen LogP contribution < -0.4 is 16.2 Å². The van der Waals surface area contributed by atoms with Crippen LogP contribution in [0.1, 0.15) is 31.4 Å². The molecule has 1 aromatic carbocycles. The first-order valence-electron chi connectivity index (χ1n) is 6.25. The summed E-state index contributed by atoms with van der Waals surface area (Å²) in [4.78, 5) is 11.3. The summed E-state index contributed by atoms with van der Waals surface area (Å²) in [5.74, 6) is 0.299. The number of para-hydroxylation sites is 1. The number of rotatable bonds is 6. The number of ether oxygens (including phenoxy) is 1. The molecular formula is C14H22N2O2. The number of amides is 1. The van der Waals surface area contributed by atoms with Crippen LogP contribution in [0.5, 0.6) is 5.75 Å². The quantitative estimate of drug-likeness (QED) is 0.803. The van der Waals surface area contributed by atoms with Crippen LogP contribution in [0.3, 0.4) is 0 Å². The molecule has 2 unspecified atom stereocenters. The van der Waals surface area contributed by atoms with Crippen molar-refractivity contribution in [1.82, 2.24) is 0 Å². The zero-order chi connectivity index (χ0) is 13.7. The summed E-state index contributed by atoms with van der Waals surface area (Å²) >= 11 is 0. The lowest BCUT2D eigenvalue weighted by Crippen LogP contribution is -2.33. The summed E-state index contributed by atoms with van der Waals surface area (Å²) in [6.07, 6.45) is 0.686. The molecular weight excluding hydrogens is 228 g/mol. The average molecular weight is 250 g/mol. The van der Waals surface area contributed by atoms with Crippen molar-refractivity contribution in [3.05, 3.63) is 29.3 Å². The number of benzene rings is 1. The fourth-order valence-corrected chi connectivity index (χ4v) is 1.87. The van der Waals surface area contributed by atoms with E-state index in [2.05, 4.69) is 0 Å². The summed E-state index contributed by atoms with van der Waals surface area (Å²) in [5, 5.41) is 0. The summed E-state index contributed by atoms with van der Waals surface area (Å²) in [6, 6.07) is 5.93. The van der Waals surface area contributed by atoms with Crippen LogP contribution in [0, 0.1) is 6.92 Å². The van der Waals surface area contributed by atoms with Crippen LogP contribution in [-0.2, 0) is 11.2 Å². The van der Waals surface area contributed by atoms with Gasteiger partial charge in [-0.2, -0.15) is 0 Å². The predicted octanol–water partition coefficient (Wildman–Crippen LogP) is 1.53. The summed E-state index contributed by atoms with van der Waals surface area (Å²) in [6.45, 7) is 5.77. The molecule has 18 heavy (non-hydrogen) atoms. The Balaban J connectivity index is 3.01. The van der Waals surface area contributed by atoms with Crippen molar-refractivity contribution in [3.8, 4) is 5.75 Å². The Bertz CT molecular complexity index is 416. The third-order valence-corrected chi connectivity index (χ3v) is 2.78. The molecule has 4 N–H and O–H groups in total. The van der Waals surface area contributed by atoms with Gasteiger partial charge in [0.15, 0.2) is 6.10 Å². The lowest BCUT2D eigenvalue weighted by atomic mass is 10.0. The van der Waals surface area contributed by atoms with Gasteiger partial charge in [-0.1, -0.05) is 25.1 Å². The SMILES string of the molecule is CCC(Oc1c(C)cccc1CC(C)N)C(N)=O. The molecule has 0 aromatic heterocycles. The minimum atomic E-state index is -0.585. The van der Waals surface area contributed by atoms with Crippen molar-refractivity contribution in [2.24, 2.45) is 11.5 Å². The number of primary amides is 1. The highest BCUT2D eigenvalue weighted by atomic mass is 16.5. The van der Waals surface area contributed by atoms with E-state index in [0.717, 1.165) is 16.9 Å². The molecule has 1 rings (SSSR count). The first-order chi connectivity index (χ1) is 8.45. The van der Waals surface area contributed by atoms with E-state index in [0.29, 0.717) is 12.8 Å². The molecule has 0 bridgehead atoms. The van der Waals surface area contributed by atoms with Gasteiger partial charge in [0.05, 0.1) is 0 Å². The van der Waals surface area contributed by atoms with Crippen LogP contribution in [0.25, 0.3) is 0 Å². The molecule has 100 valence electrons. The predicted molar refractivity (Wildman–Crippen MR) is 72.4 cm³/mol. The van der Waals surface area contributed by atoms with E-state index in [1.807, 2.05) is 39.0 Å². The molecule has 0 aliphatic heterocycles. The van der Waals surface area contributed by atoms with Gasteiger partial charge >= 0.3 is 0 Å². The van der Waals surface area contributed by atoms with Crippen molar-refractivity contribution < 1.29 is 9.53 Å². The lowest BCUT2D eigenvalue weighted by Gasteiger charge is -2.19. The highest BCUT2D eigenvalue weighted by Gasteiger charge is 2.18. The second kappa shape index (κ2) is 6.40. The highest BCUT2D eigenvalue weighted by Crippen LogP contribution is 2.26. The minimum absolute atomic E-state index is 0.0443. The van der Waals surface area contributed by atoms with Gasteiger partial charge in [-0.25, -0.2) is 0 Å². The Labute approximate surface area is 108 Å². The van der Waals surface area contributed by atoms with Crippen molar-refractivity contribution in [3.63, 3.8) is 0 Å². The van der Waals surface area contributed by atoms with E-state index in [1.54, 1.807) is 0 Å². The van der Waals surface area contributed by atoms with E-state index in [4.69, 9.17) is 16.2 Å². The molecule has 4 heteroatoms. The van der Waals surface area contributed by atoms with Crippen molar-refractivity contribution >= 4 is 5.91 Å². The Kier molecular flexibility index (Phi) is 5.16. The lowest BCUT2D eigenvalue weighted by molar-refractivity contribution is -0.124.